The van der Waals surface area contributed by atoms with Crippen LogP contribution >= 0.6 is 11.6 Å². The Labute approximate surface area is 231 Å². The van der Waals surface area contributed by atoms with E-state index in [-0.39, 0.29) is 13.2 Å². The highest BCUT2D eigenvalue weighted by Crippen LogP contribution is 2.41. The summed E-state index contributed by atoms with van der Waals surface area (Å²) in [7, 11) is 0. The van der Waals surface area contributed by atoms with Gasteiger partial charge in [-0.1, -0.05) is 35.9 Å². The lowest BCUT2D eigenvalue weighted by atomic mass is 9.93. The van der Waals surface area contributed by atoms with Crippen LogP contribution in [0.5, 0.6) is 23.0 Å². The molecule has 0 saturated heterocycles. The van der Waals surface area contributed by atoms with Gasteiger partial charge in [0, 0.05) is 29.6 Å². The van der Waals surface area contributed by atoms with Crippen molar-refractivity contribution in [2.45, 2.75) is 27.1 Å². The number of aldehydes is 1. The van der Waals surface area contributed by atoms with Gasteiger partial charge in [-0.25, -0.2) is 0 Å². The number of carbonyl (C=O) groups excluding carboxylic acids is 1. The van der Waals surface area contributed by atoms with E-state index in [1.165, 1.54) is 12.3 Å². The summed E-state index contributed by atoms with van der Waals surface area (Å²) in [5.74, 6) is 2.26. The van der Waals surface area contributed by atoms with Crippen LogP contribution in [-0.2, 0) is 13.2 Å². The van der Waals surface area contributed by atoms with E-state index in [1.54, 1.807) is 18.3 Å². The van der Waals surface area contributed by atoms with Crippen molar-refractivity contribution in [3.05, 3.63) is 99.3 Å². The van der Waals surface area contributed by atoms with Crippen molar-refractivity contribution in [3.8, 4) is 40.2 Å². The van der Waals surface area contributed by atoms with Gasteiger partial charge in [-0.3, -0.25) is 9.78 Å². The molecule has 0 radical (unpaired) electrons. The van der Waals surface area contributed by atoms with Gasteiger partial charge in [-0.05, 0) is 54.3 Å². The van der Waals surface area contributed by atoms with E-state index in [0.717, 1.165) is 39.3 Å². The van der Waals surface area contributed by atoms with Gasteiger partial charge >= 0.3 is 0 Å². The summed E-state index contributed by atoms with van der Waals surface area (Å²) in [4.78, 5) is 15.7. The Hall–Kier alpha value is -4.54. The maximum atomic E-state index is 11.7. The standard InChI is InChI=1S/C31H25ClN2O5/c1-19-23(4-3-5-25(19)26-6-7-28-31(20(26)2)37-9-8-36-28)18-39-30-12-29(24(16-35)11-27(30)32)38-17-22-10-21(13-33)14-34-15-22/h3-7,10-12,14-16H,8-9,17-18H2,1-2H3. The highest BCUT2D eigenvalue weighted by Gasteiger charge is 2.19. The Balaban J connectivity index is 1.37. The van der Waals surface area contributed by atoms with Crippen LogP contribution in [-0.4, -0.2) is 24.5 Å². The average molecular weight is 541 g/mol. The minimum absolute atomic E-state index is 0.125. The van der Waals surface area contributed by atoms with E-state index in [9.17, 15) is 4.79 Å². The largest absolute Gasteiger partial charge is 0.488 e. The molecule has 196 valence electrons. The second-order valence-electron chi connectivity index (χ2n) is 9.06. The van der Waals surface area contributed by atoms with Crippen LogP contribution in [0.25, 0.3) is 11.1 Å². The topological polar surface area (TPSA) is 90.7 Å². The van der Waals surface area contributed by atoms with Gasteiger partial charge in [0.15, 0.2) is 17.8 Å². The molecule has 0 spiro atoms. The number of ether oxygens (including phenoxy) is 4. The Bertz CT molecular complexity index is 1600. The fourth-order valence-electron chi connectivity index (χ4n) is 4.50. The zero-order valence-electron chi connectivity index (χ0n) is 21.5. The van der Waals surface area contributed by atoms with Gasteiger partial charge in [-0.2, -0.15) is 5.26 Å². The third kappa shape index (κ3) is 5.52. The first kappa shape index (κ1) is 26.1. The molecular weight excluding hydrogens is 516 g/mol. The maximum Gasteiger partial charge on any atom is 0.164 e. The van der Waals surface area contributed by atoms with Crippen molar-refractivity contribution >= 4 is 17.9 Å². The fraction of sp³-hybridized carbons (Fsp3) is 0.194. The number of pyridine rings is 1. The molecule has 0 atom stereocenters. The van der Waals surface area contributed by atoms with Crippen LogP contribution < -0.4 is 18.9 Å². The number of hydrogen-bond donors (Lipinski definition) is 0. The molecule has 4 aromatic rings. The minimum Gasteiger partial charge on any atom is -0.488 e. The van der Waals surface area contributed by atoms with Crippen molar-refractivity contribution < 1.29 is 23.7 Å². The van der Waals surface area contributed by atoms with E-state index in [2.05, 4.69) is 24.0 Å². The van der Waals surface area contributed by atoms with Gasteiger partial charge in [0.2, 0.25) is 0 Å². The fourth-order valence-corrected chi connectivity index (χ4v) is 4.73. The molecule has 5 rings (SSSR count). The summed E-state index contributed by atoms with van der Waals surface area (Å²) in [5.41, 5.74) is 6.64. The molecule has 1 aliphatic rings. The van der Waals surface area contributed by atoms with Crippen molar-refractivity contribution in [1.82, 2.24) is 4.98 Å². The Morgan fingerprint density at radius 3 is 2.59 bits per heavy atom. The molecule has 0 N–H and O–H groups in total. The molecule has 0 aliphatic carbocycles. The third-order valence-electron chi connectivity index (χ3n) is 6.59. The van der Waals surface area contributed by atoms with E-state index in [4.69, 9.17) is 35.8 Å². The second kappa shape index (κ2) is 11.5. The maximum absolute atomic E-state index is 11.7. The van der Waals surface area contributed by atoms with Crippen LogP contribution in [0, 0.1) is 25.2 Å². The number of nitriles is 1. The molecule has 7 nitrogen and oxygen atoms in total. The predicted molar refractivity (Wildman–Crippen MR) is 147 cm³/mol. The Morgan fingerprint density at radius 1 is 0.974 bits per heavy atom. The first-order valence-electron chi connectivity index (χ1n) is 12.3. The summed E-state index contributed by atoms with van der Waals surface area (Å²) in [6.45, 7) is 5.56. The highest BCUT2D eigenvalue weighted by molar-refractivity contribution is 6.32. The van der Waals surface area contributed by atoms with Gasteiger partial charge < -0.3 is 18.9 Å². The van der Waals surface area contributed by atoms with E-state index >= 15 is 0 Å². The van der Waals surface area contributed by atoms with Crippen molar-refractivity contribution in [3.63, 3.8) is 0 Å². The molecule has 0 bridgehead atoms. The monoisotopic (exact) mass is 540 g/mol. The highest BCUT2D eigenvalue weighted by atomic mass is 35.5. The van der Waals surface area contributed by atoms with Crippen LogP contribution in [0.1, 0.15) is 38.2 Å². The van der Waals surface area contributed by atoms with Crippen LogP contribution in [0.15, 0.2) is 60.9 Å². The number of aromatic nitrogens is 1. The first-order valence-corrected chi connectivity index (χ1v) is 12.7. The first-order chi connectivity index (χ1) is 19.0. The summed E-state index contributed by atoms with van der Waals surface area (Å²) in [5, 5.41) is 9.39. The summed E-state index contributed by atoms with van der Waals surface area (Å²) in [6, 6.07) is 16.9. The third-order valence-corrected chi connectivity index (χ3v) is 6.88. The smallest absolute Gasteiger partial charge is 0.164 e. The van der Waals surface area contributed by atoms with Gasteiger partial charge in [0.1, 0.15) is 44.0 Å². The molecule has 1 aromatic heterocycles. The molecule has 8 heteroatoms. The zero-order valence-corrected chi connectivity index (χ0v) is 22.2. The number of hydrogen-bond acceptors (Lipinski definition) is 7. The van der Waals surface area contributed by atoms with Crippen LogP contribution in [0.3, 0.4) is 0 Å². The number of nitrogens with zero attached hydrogens (tertiary/aromatic N) is 2. The number of rotatable bonds is 8. The van der Waals surface area contributed by atoms with E-state index in [1.807, 2.05) is 31.2 Å². The predicted octanol–water partition coefficient (Wildman–Crippen LogP) is 6.63. The molecule has 39 heavy (non-hydrogen) atoms. The summed E-state index contributed by atoms with van der Waals surface area (Å²) in [6.07, 6.45) is 3.76. The summed E-state index contributed by atoms with van der Waals surface area (Å²) < 4.78 is 23.6. The number of benzene rings is 3. The van der Waals surface area contributed by atoms with Crippen molar-refractivity contribution in [1.29, 1.82) is 5.26 Å². The van der Waals surface area contributed by atoms with Gasteiger partial charge in [-0.15, -0.1) is 0 Å². The number of carbonyl (C=O) groups is 1. The molecule has 0 saturated carbocycles. The molecule has 1 aliphatic heterocycles. The average Bonchev–Trinajstić information content (AvgIpc) is 2.97. The molecule has 0 amide bonds. The van der Waals surface area contributed by atoms with Gasteiger partial charge in [0.05, 0.1) is 16.1 Å². The SMILES string of the molecule is Cc1c(COc2cc(OCc3cncc(C#N)c3)c(C=O)cc2Cl)cccc1-c1ccc2c(c1C)OCCO2. The normalized spacial score (nSPS) is 11.9. The lowest BCUT2D eigenvalue weighted by Gasteiger charge is -2.22. The molecule has 0 unspecified atom stereocenters. The van der Waals surface area contributed by atoms with Crippen LogP contribution in [0.2, 0.25) is 5.02 Å². The van der Waals surface area contributed by atoms with E-state index < -0.39 is 0 Å². The van der Waals surface area contributed by atoms with Crippen molar-refractivity contribution in [2.24, 2.45) is 0 Å². The lowest BCUT2D eigenvalue weighted by Crippen LogP contribution is -2.16. The Morgan fingerprint density at radius 2 is 1.77 bits per heavy atom. The zero-order chi connectivity index (χ0) is 27.4. The number of fused-ring (bicyclic) bond motifs is 1. The molecule has 2 heterocycles. The quantitative estimate of drug-likeness (QED) is 0.231. The van der Waals surface area contributed by atoms with Gasteiger partial charge in [0.25, 0.3) is 0 Å². The lowest BCUT2D eigenvalue weighted by molar-refractivity contribution is 0.111. The van der Waals surface area contributed by atoms with Crippen molar-refractivity contribution in [2.75, 3.05) is 13.2 Å². The Kier molecular flexibility index (Phi) is 7.67. The van der Waals surface area contributed by atoms with E-state index in [0.29, 0.717) is 52.7 Å². The minimum atomic E-state index is 0.125. The molecule has 3 aromatic carbocycles. The molecular formula is C31H25ClN2O5. The molecule has 0 fully saturated rings. The number of halogens is 1. The summed E-state index contributed by atoms with van der Waals surface area (Å²) >= 11 is 6.45. The second-order valence-corrected chi connectivity index (χ2v) is 9.47. The van der Waals surface area contributed by atoms with Crippen LogP contribution in [0.4, 0.5) is 0 Å².